The Morgan fingerprint density at radius 2 is 2.16 bits per heavy atom. The van der Waals surface area contributed by atoms with Crippen molar-refractivity contribution in [2.24, 2.45) is 10.1 Å². The molecule has 2 aliphatic heterocycles. The smallest absolute Gasteiger partial charge is 0.254 e. The molecule has 7 heteroatoms. The van der Waals surface area contributed by atoms with E-state index >= 15 is 0 Å². The van der Waals surface area contributed by atoms with Crippen LogP contribution in [0.15, 0.2) is 40.4 Å². The number of carbonyl (C=O) groups excluding carboxylic acids is 1. The summed E-state index contributed by atoms with van der Waals surface area (Å²) in [6, 6.07) is 8.31. The monoisotopic (exact) mass is 422 g/mol. The zero-order valence-electron chi connectivity index (χ0n) is 17.9. The van der Waals surface area contributed by atoms with E-state index in [9.17, 15) is 9.18 Å². The van der Waals surface area contributed by atoms with Crippen molar-refractivity contribution >= 4 is 12.1 Å². The largest absolute Gasteiger partial charge is 0.376 e. The average Bonchev–Trinajstić information content (AvgIpc) is 3.37. The van der Waals surface area contributed by atoms with E-state index in [0.29, 0.717) is 36.2 Å². The van der Waals surface area contributed by atoms with E-state index in [1.54, 1.807) is 19.2 Å². The first-order valence-corrected chi connectivity index (χ1v) is 10.6. The lowest BCUT2D eigenvalue weighted by Gasteiger charge is -2.19. The molecule has 2 unspecified atom stereocenters. The normalized spacial score (nSPS) is 19.3. The minimum absolute atomic E-state index is 0.0290. The summed E-state index contributed by atoms with van der Waals surface area (Å²) in [6.45, 7) is 4.01. The highest BCUT2D eigenvalue weighted by atomic mass is 19.1. The molecule has 0 saturated carbocycles. The lowest BCUT2D eigenvalue weighted by molar-refractivity contribution is 0.0545. The van der Waals surface area contributed by atoms with Crippen LogP contribution in [0.5, 0.6) is 0 Å². The van der Waals surface area contributed by atoms with E-state index in [-0.39, 0.29) is 17.8 Å². The van der Waals surface area contributed by atoms with Crippen LogP contribution >= 0.6 is 0 Å². The van der Waals surface area contributed by atoms with Gasteiger partial charge in [0.25, 0.3) is 5.91 Å². The number of ether oxygens (including phenoxy) is 1. The molecule has 0 bridgehead atoms. The molecule has 2 aromatic rings. The maximum atomic E-state index is 14.8. The van der Waals surface area contributed by atoms with Crippen molar-refractivity contribution in [1.29, 1.82) is 5.53 Å². The van der Waals surface area contributed by atoms with E-state index < -0.39 is 6.04 Å². The highest BCUT2D eigenvalue weighted by Gasteiger charge is 2.31. The number of amides is 1. The fraction of sp³-hybridized carbons (Fsp3) is 0.417. The average molecular weight is 423 g/mol. The summed E-state index contributed by atoms with van der Waals surface area (Å²) in [6.07, 6.45) is 4.09. The molecule has 1 fully saturated rings. The van der Waals surface area contributed by atoms with Gasteiger partial charge >= 0.3 is 0 Å². The third-order valence-corrected chi connectivity index (χ3v) is 6.12. The summed E-state index contributed by atoms with van der Waals surface area (Å²) in [5.41, 5.74) is 12.1. The molecule has 2 aromatic carbocycles. The molecule has 2 aliphatic rings. The van der Waals surface area contributed by atoms with Crippen molar-refractivity contribution in [2.75, 3.05) is 20.2 Å². The molecule has 4 rings (SSSR count). The number of fused-ring (bicyclic) bond motifs is 1. The Balaban J connectivity index is 1.54. The maximum Gasteiger partial charge on any atom is 0.254 e. The lowest BCUT2D eigenvalue weighted by Crippen LogP contribution is -2.32. The Labute approximate surface area is 181 Å². The summed E-state index contributed by atoms with van der Waals surface area (Å²) in [5, 5.41) is 3.49. The van der Waals surface area contributed by atoms with Gasteiger partial charge in [0, 0.05) is 44.9 Å². The summed E-state index contributed by atoms with van der Waals surface area (Å²) in [4.78, 5) is 18.7. The summed E-state index contributed by atoms with van der Waals surface area (Å²) >= 11 is 0. The van der Waals surface area contributed by atoms with Gasteiger partial charge in [-0.3, -0.25) is 9.79 Å². The number of benzene rings is 2. The molecule has 0 aliphatic carbocycles. The second-order valence-electron chi connectivity index (χ2n) is 8.27. The standard InChI is InChI=1S/C24H27FN4O2/c1-15-8-19-13-29(14-20-4-3-7-31-20)24(30)21(19)10-18(15)9-16-5-6-17(11-22(16)25)23(28-26)12-27-2/h5-6,8,10-12,20,23,26H,3-4,7,9,13-14H2,1-2H3. The molecule has 1 saturated heterocycles. The van der Waals surface area contributed by atoms with Crippen LogP contribution in [0.1, 0.15) is 57.1 Å². The first-order valence-electron chi connectivity index (χ1n) is 10.6. The number of hydrogen-bond donors (Lipinski definition) is 1. The molecule has 1 N–H and O–H groups in total. The third-order valence-electron chi connectivity index (χ3n) is 6.12. The van der Waals surface area contributed by atoms with Gasteiger partial charge in [-0.1, -0.05) is 18.2 Å². The molecule has 162 valence electrons. The van der Waals surface area contributed by atoms with Crippen LogP contribution in [-0.2, 0) is 17.7 Å². The van der Waals surface area contributed by atoms with Gasteiger partial charge in [-0.25, -0.2) is 9.92 Å². The molecule has 0 radical (unpaired) electrons. The van der Waals surface area contributed by atoms with Crippen molar-refractivity contribution in [3.05, 3.63) is 69.5 Å². The van der Waals surface area contributed by atoms with E-state index in [1.165, 1.54) is 12.3 Å². The highest BCUT2D eigenvalue weighted by Crippen LogP contribution is 2.29. The SMILES string of the molecule is CN=CC(N=N)c1ccc(Cc2cc3c(cc2C)CN(CC2CCCO2)C3=O)c(F)c1. The Morgan fingerprint density at radius 1 is 1.32 bits per heavy atom. The van der Waals surface area contributed by atoms with Gasteiger partial charge < -0.3 is 9.64 Å². The quantitative estimate of drug-likeness (QED) is 0.521. The summed E-state index contributed by atoms with van der Waals surface area (Å²) in [5.74, 6) is -0.316. The van der Waals surface area contributed by atoms with Crippen LogP contribution in [0.4, 0.5) is 4.39 Å². The number of nitrogens with one attached hydrogen (secondary N) is 1. The Hall–Kier alpha value is -2.93. The van der Waals surface area contributed by atoms with Crippen molar-refractivity contribution in [1.82, 2.24) is 4.90 Å². The minimum Gasteiger partial charge on any atom is -0.376 e. The third kappa shape index (κ3) is 4.42. The number of aliphatic imine (C=N–C) groups is 1. The number of nitrogens with zero attached hydrogens (tertiary/aromatic N) is 3. The van der Waals surface area contributed by atoms with Gasteiger partial charge in [0.15, 0.2) is 0 Å². The molecule has 2 atom stereocenters. The minimum atomic E-state index is -0.581. The molecule has 2 heterocycles. The number of carbonyl (C=O) groups is 1. The van der Waals surface area contributed by atoms with Crippen LogP contribution < -0.4 is 0 Å². The number of halogens is 1. The zero-order valence-corrected chi connectivity index (χ0v) is 17.9. The second kappa shape index (κ2) is 9.06. The van der Waals surface area contributed by atoms with Crippen LogP contribution in [0.2, 0.25) is 0 Å². The van der Waals surface area contributed by atoms with Crippen molar-refractivity contribution in [3.8, 4) is 0 Å². The number of aryl methyl sites for hydroxylation is 1. The predicted molar refractivity (Wildman–Crippen MR) is 116 cm³/mol. The topological polar surface area (TPSA) is 78.1 Å². The molecule has 6 nitrogen and oxygen atoms in total. The summed E-state index contributed by atoms with van der Waals surface area (Å²) in [7, 11) is 1.60. The van der Waals surface area contributed by atoms with Gasteiger partial charge in [0.2, 0.25) is 0 Å². The van der Waals surface area contributed by atoms with Gasteiger partial charge in [-0.15, -0.1) is 0 Å². The first-order chi connectivity index (χ1) is 15.0. The second-order valence-corrected chi connectivity index (χ2v) is 8.27. The van der Waals surface area contributed by atoms with E-state index in [4.69, 9.17) is 10.3 Å². The fourth-order valence-corrected chi connectivity index (χ4v) is 4.39. The van der Waals surface area contributed by atoms with Gasteiger partial charge in [0.1, 0.15) is 11.9 Å². The van der Waals surface area contributed by atoms with Gasteiger partial charge in [-0.2, -0.15) is 5.11 Å². The van der Waals surface area contributed by atoms with Crippen LogP contribution in [-0.4, -0.2) is 43.3 Å². The number of rotatable bonds is 7. The maximum absolute atomic E-state index is 14.8. The first kappa shape index (κ1) is 21.3. The Kier molecular flexibility index (Phi) is 6.23. The van der Waals surface area contributed by atoms with E-state index in [2.05, 4.69) is 16.2 Å². The highest BCUT2D eigenvalue weighted by molar-refractivity contribution is 5.98. The van der Waals surface area contributed by atoms with Crippen molar-refractivity contribution < 1.29 is 13.9 Å². The van der Waals surface area contributed by atoms with Crippen molar-refractivity contribution in [2.45, 2.75) is 44.9 Å². The van der Waals surface area contributed by atoms with E-state index in [0.717, 1.165) is 36.1 Å². The van der Waals surface area contributed by atoms with Gasteiger partial charge in [-0.05, 0) is 59.7 Å². The number of hydrogen-bond acceptors (Lipinski definition) is 5. The Bertz CT molecular complexity index is 1030. The van der Waals surface area contributed by atoms with Gasteiger partial charge in [0.05, 0.1) is 6.10 Å². The zero-order chi connectivity index (χ0) is 22.0. The fourth-order valence-electron chi connectivity index (χ4n) is 4.39. The molecular formula is C24H27FN4O2. The summed E-state index contributed by atoms with van der Waals surface area (Å²) < 4.78 is 20.5. The van der Waals surface area contributed by atoms with Crippen LogP contribution in [0.25, 0.3) is 0 Å². The van der Waals surface area contributed by atoms with Crippen molar-refractivity contribution in [3.63, 3.8) is 0 Å². The Morgan fingerprint density at radius 3 is 2.84 bits per heavy atom. The lowest BCUT2D eigenvalue weighted by atomic mass is 9.94. The van der Waals surface area contributed by atoms with E-state index in [1.807, 2.05) is 17.9 Å². The molecule has 0 aromatic heterocycles. The predicted octanol–water partition coefficient (Wildman–Crippen LogP) is 4.63. The molecule has 0 spiro atoms. The molecular weight excluding hydrogens is 395 g/mol. The molecule has 31 heavy (non-hydrogen) atoms. The van der Waals surface area contributed by atoms with Crippen LogP contribution in [0.3, 0.4) is 0 Å². The van der Waals surface area contributed by atoms with Crippen LogP contribution in [0, 0.1) is 18.3 Å². The molecule has 1 amide bonds.